The Morgan fingerprint density at radius 3 is 2.70 bits per heavy atom. The van der Waals surface area contributed by atoms with E-state index in [0.717, 1.165) is 18.4 Å². The standard InChI is InChI=1S/C18H26O2/c1-3-20-18(16-10-5-4-6-11-16)17(19)13-15-9-7-8-14(2)12-15/h7-9,12,16,18H,3-6,10-11,13H2,1-2H3. The Hall–Kier alpha value is -1.15. The molecule has 110 valence electrons. The highest BCUT2D eigenvalue weighted by Crippen LogP contribution is 2.29. The molecule has 1 atom stereocenters. The maximum atomic E-state index is 12.6. The molecule has 1 saturated carbocycles. The lowest BCUT2D eigenvalue weighted by Gasteiger charge is -2.29. The molecular formula is C18H26O2. The molecule has 0 amide bonds. The van der Waals surface area contributed by atoms with Gasteiger partial charge in [-0.1, -0.05) is 49.1 Å². The predicted molar refractivity (Wildman–Crippen MR) is 81.9 cm³/mol. The third kappa shape index (κ3) is 4.17. The predicted octanol–water partition coefficient (Wildman–Crippen LogP) is 4.09. The summed E-state index contributed by atoms with van der Waals surface area (Å²) in [6, 6.07) is 8.22. The van der Waals surface area contributed by atoms with Crippen molar-refractivity contribution in [1.29, 1.82) is 0 Å². The van der Waals surface area contributed by atoms with Crippen molar-refractivity contribution in [3.63, 3.8) is 0 Å². The Kier molecular flexibility index (Phi) is 5.78. The van der Waals surface area contributed by atoms with Crippen LogP contribution in [0.15, 0.2) is 24.3 Å². The summed E-state index contributed by atoms with van der Waals surface area (Å²) < 4.78 is 5.80. The summed E-state index contributed by atoms with van der Waals surface area (Å²) in [4.78, 5) is 12.6. The highest BCUT2D eigenvalue weighted by Gasteiger charge is 2.29. The molecule has 1 aliphatic rings. The van der Waals surface area contributed by atoms with Crippen LogP contribution in [0.5, 0.6) is 0 Å². The van der Waals surface area contributed by atoms with Gasteiger partial charge in [0.1, 0.15) is 6.10 Å². The average Bonchev–Trinajstić information content (AvgIpc) is 2.45. The second-order valence-electron chi connectivity index (χ2n) is 5.91. The highest BCUT2D eigenvalue weighted by atomic mass is 16.5. The van der Waals surface area contributed by atoms with Crippen molar-refractivity contribution in [2.75, 3.05) is 6.61 Å². The molecule has 0 aliphatic heterocycles. The average molecular weight is 274 g/mol. The van der Waals surface area contributed by atoms with Crippen molar-refractivity contribution < 1.29 is 9.53 Å². The lowest BCUT2D eigenvalue weighted by molar-refractivity contribution is -0.134. The molecule has 20 heavy (non-hydrogen) atoms. The van der Waals surface area contributed by atoms with Gasteiger partial charge < -0.3 is 4.74 Å². The van der Waals surface area contributed by atoms with Crippen LogP contribution in [0.1, 0.15) is 50.2 Å². The van der Waals surface area contributed by atoms with E-state index in [0.29, 0.717) is 18.9 Å². The molecule has 0 heterocycles. The smallest absolute Gasteiger partial charge is 0.166 e. The Balaban J connectivity index is 2.02. The quantitative estimate of drug-likeness (QED) is 0.781. The molecule has 2 nitrogen and oxygen atoms in total. The van der Waals surface area contributed by atoms with Crippen LogP contribution in [-0.2, 0) is 16.0 Å². The second-order valence-corrected chi connectivity index (χ2v) is 5.91. The summed E-state index contributed by atoms with van der Waals surface area (Å²) >= 11 is 0. The van der Waals surface area contributed by atoms with Gasteiger partial charge in [-0.15, -0.1) is 0 Å². The summed E-state index contributed by atoms with van der Waals surface area (Å²) in [5.74, 6) is 0.686. The molecule has 2 heteroatoms. The molecule has 0 aromatic heterocycles. The number of carbonyl (C=O) groups is 1. The lowest BCUT2D eigenvalue weighted by atomic mass is 9.82. The van der Waals surface area contributed by atoms with E-state index in [9.17, 15) is 4.79 Å². The fraction of sp³-hybridized carbons (Fsp3) is 0.611. The Morgan fingerprint density at radius 1 is 1.30 bits per heavy atom. The highest BCUT2D eigenvalue weighted by molar-refractivity contribution is 5.85. The molecule has 1 aromatic carbocycles. The van der Waals surface area contributed by atoms with Crippen molar-refractivity contribution in [3.05, 3.63) is 35.4 Å². The number of rotatable bonds is 6. The summed E-state index contributed by atoms with van der Waals surface area (Å²) in [6.07, 6.45) is 6.39. The molecule has 1 aliphatic carbocycles. The normalized spacial score (nSPS) is 17.9. The minimum Gasteiger partial charge on any atom is -0.370 e. The zero-order chi connectivity index (χ0) is 14.4. The summed E-state index contributed by atoms with van der Waals surface area (Å²) in [6.45, 7) is 4.67. The molecule has 1 aromatic rings. The fourth-order valence-corrected chi connectivity index (χ4v) is 3.23. The van der Waals surface area contributed by atoms with Crippen LogP contribution in [0, 0.1) is 12.8 Å². The number of benzene rings is 1. The molecule has 0 radical (unpaired) electrons. The first-order chi connectivity index (χ1) is 9.70. The second kappa shape index (κ2) is 7.58. The number of carbonyl (C=O) groups excluding carboxylic acids is 1. The SMILES string of the molecule is CCOC(C(=O)Cc1cccc(C)c1)C1CCCCC1. The summed E-state index contributed by atoms with van der Waals surface area (Å²) in [5.41, 5.74) is 2.32. The number of hydrogen-bond donors (Lipinski definition) is 0. The van der Waals surface area contributed by atoms with E-state index in [1.807, 2.05) is 19.1 Å². The maximum absolute atomic E-state index is 12.6. The van der Waals surface area contributed by atoms with Gasteiger partial charge in [0.2, 0.25) is 0 Å². The van der Waals surface area contributed by atoms with Crippen LogP contribution in [0.2, 0.25) is 0 Å². The van der Waals surface area contributed by atoms with Crippen LogP contribution in [0.25, 0.3) is 0 Å². The van der Waals surface area contributed by atoms with E-state index in [2.05, 4.69) is 19.1 Å². The van der Waals surface area contributed by atoms with Gasteiger partial charge in [0.15, 0.2) is 5.78 Å². The van der Waals surface area contributed by atoms with Gasteiger partial charge in [-0.3, -0.25) is 4.79 Å². The van der Waals surface area contributed by atoms with Crippen molar-refractivity contribution in [2.24, 2.45) is 5.92 Å². The van der Waals surface area contributed by atoms with Crippen LogP contribution in [0.3, 0.4) is 0 Å². The van der Waals surface area contributed by atoms with E-state index >= 15 is 0 Å². The molecule has 0 N–H and O–H groups in total. The van der Waals surface area contributed by atoms with E-state index in [4.69, 9.17) is 4.74 Å². The maximum Gasteiger partial charge on any atom is 0.166 e. The molecular weight excluding hydrogens is 248 g/mol. The number of ketones is 1. The minimum absolute atomic E-state index is 0.194. The first-order valence-corrected chi connectivity index (χ1v) is 7.90. The molecule has 1 fully saturated rings. The van der Waals surface area contributed by atoms with E-state index in [1.54, 1.807) is 0 Å². The third-order valence-corrected chi connectivity index (χ3v) is 4.20. The molecule has 2 rings (SSSR count). The van der Waals surface area contributed by atoms with Crippen LogP contribution in [0.4, 0.5) is 0 Å². The summed E-state index contributed by atoms with van der Waals surface area (Å²) in [7, 11) is 0. The molecule has 0 spiro atoms. The number of Topliss-reactive ketones (excluding diaryl/α,β-unsaturated/α-hetero) is 1. The topological polar surface area (TPSA) is 26.3 Å². The molecule has 0 bridgehead atoms. The Morgan fingerprint density at radius 2 is 2.05 bits per heavy atom. The van der Waals surface area contributed by atoms with Gasteiger partial charge in [0, 0.05) is 13.0 Å². The van der Waals surface area contributed by atoms with E-state index in [1.165, 1.54) is 24.8 Å². The van der Waals surface area contributed by atoms with E-state index in [-0.39, 0.29) is 11.9 Å². The Labute approximate surface area is 122 Å². The largest absolute Gasteiger partial charge is 0.370 e. The fourth-order valence-electron chi connectivity index (χ4n) is 3.23. The summed E-state index contributed by atoms with van der Waals surface area (Å²) in [5, 5.41) is 0. The van der Waals surface area contributed by atoms with Gasteiger partial charge in [-0.2, -0.15) is 0 Å². The molecule has 1 unspecified atom stereocenters. The lowest BCUT2D eigenvalue weighted by Crippen LogP contribution is -2.35. The van der Waals surface area contributed by atoms with Crippen LogP contribution in [-0.4, -0.2) is 18.5 Å². The van der Waals surface area contributed by atoms with Crippen molar-refractivity contribution in [1.82, 2.24) is 0 Å². The number of hydrogen-bond acceptors (Lipinski definition) is 2. The molecule has 0 saturated heterocycles. The van der Waals surface area contributed by atoms with Crippen molar-refractivity contribution in [3.8, 4) is 0 Å². The van der Waals surface area contributed by atoms with Gasteiger partial charge in [0.05, 0.1) is 0 Å². The number of ether oxygens (including phenoxy) is 1. The van der Waals surface area contributed by atoms with E-state index < -0.39 is 0 Å². The van der Waals surface area contributed by atoms with Crippen LogP contribution >= 0.6 is 0 Å². The van der Waals surface area contributed by atoms with Crippen molar-refractivity contribution >= 4 is 5.78 Å². The number of aryl methyl sites for hydroxylation is 1. The minimum atomic E-state index is -0.194. The van der Waals surface area contributed by atoms with Gasteiger partial charge in [-0.25, -0.2) is 0 Å². The van der Waals surface area contributed by atoms with Gasteiger partial charge >= 0.3 is 0 Å². The van der Waals surface area contributed by atoms with Gasteiger partial charge in [0.25, 0.3) is 0 Å². The Bertz CT molecular complexity index is 433. The third-order valence-electron chi connectivity index (χ3n) is 4.20. The van der Waals surface area contributed by atoms with Crippen LogP contribution < -0.4 is 0 Å². The zero-order valence-corrected chi connectivity index (χ0v) is 12.7. The van der Waals surface area contributed by atoms with Gasteiger partial charge in [-0.05, 0) is 38.2 Å². The monoisotopic (exact) mass is 274 g/mol. The van der Waals surface area contributed by atoms with Crippen molar-refractivity contribution in [2.45, 2.75) is 58.5 Å². The first kappa shape index (κ1) is 15.2. The first-order valence-electron chi connectivity index (χ1n) is 7.90. The zero-order valence-electron chi connectivity index (χ0n) is 12.7.